The molecule has 0 amide bonds. The van der Waals surface area contributed by atoms with E-state index in [0.717, 1.165) is 0 Å². The maximum Gasteiger partial charge on any atom is 0.153 e. The van der Waals surface area contributed by atoms with Crippen molar-refractivity contribution in [1.29, 1.82) is 0 Å². The standard InChI is InChI=1S/C13H14ClN3O2/c1-18-9-3-4-12(19-2)11(6-9)17-13-10(15)5-8(14)7-16-13/h3-7H,15H2,1-2H3,(H,16,17). The fourth-order valence-corrected chi connectivity index (χ4v) is 1.77. The van der Waals surface area contributed by atoms with Crippen LogP contribution >= 0.6 is 11.6 Å². The summed E-state index contributed by atoms with van der Waals surface area (Å²) in [4.78, 5) is 4.14. The molecule has 2 rings (SSSR count). The summed E-state index contributed by atoms with van der Waals surface area (Å²) in [5.41, 5.74) is 7.02. The average molecular weight is 280 g/mol. The van der Waals surface area contributed by atoms with E-state index in [2.05, 4.69) is 10.3 Å². The predicted octanol–water partition coefficient (Wildman–Crippen LogP) is 3.08. The van der Waals surface area contributed by atoms with Gasteiger partial charge in [-0.2, -0.15) is 0 Å². The van der Waals surface area contributed by atoms with Crippen molar-refractivity contribution < 1.29 is 9.47 Å². The molecule has 0 saturated carbocycles. The van der Waals surface area contributed by atoms with Crippen molar-refractivity contribution in [2.75, 3.05) is 25.3 Å². The number of nitrogen functional groups attached to an aromatic ring is 1. The summed E-state index contributed by atoms with van der Waals surface area (Å²) in [6.45, 7) is 0. The van der Waals surface area contributed by atoms with E-state index in [9.17, 15) is 0 Å². The van der Waals surface area contributed by atoms with Crippen molar-refractivity contribution in [2.45, 2.75) is 0 Å². The molecule has 100 valence electrons. The van der Waals surface area contributed by atoms with Crippen LogP contribution in [0.15, 0.2) is 30.5 Å². The number of aromatic nitrogens is 1. The lowest BCUT2D eigenvalue weighted by molar-refractivity contribution is 0.405. The van der Waals surface area contributed by atoms with E-state index in [1.807, 2.05) is 6.07 Å². The second-order valence-electron chi connectivity index (χ2n) is 3.78. The van der Waals surface area contributed by atoms with Gasteiger partial charge in [-0.15, -0.1) is 0 Å². The van der Waals surface area contributed by atoms with Gasteiger partial charge in [-0.3, -0.25) is 0 Å². The number of hydrogen-bond donors (Lipinski definition) is 2. The van der Waals surface area contributed by atoms with E-state index in [4.69, 9.17) is 26.8 Å². The molecule has 1 aromatic heterocycles. The van der Waals surface area contributed by atoms with Crippen LogP contribution in [-0.4, -0.2) is 19.2 Å². The first-order valence-electron chi connectivity index (χ1n) is 5.54. The Morgan fingerprint density at radius 2 is 2.00 bits per heavy atom. The third kappa shape index (κ3) is 3.00. The van der Waals surface area contributed by atoms with Gasteiger partial charge in [0.05, 0.1) is 30.6 Å². The van der Waals surface area contributed by atoms with Gasteiger partial charge in [-0.05, 0) is 18.2 Å². The Kier molecular flexibility index (Phi) is 3.97. The lowest BCUT2D eigenvalue weighted by Gasteiger charge is -2.13. The van der Waals surface area contributed by atoms with Gasteiger partial charge in [0.1, 0.15) is 11.5 Å². The topological polar surface area (TPSA) is 69.4 Å². The van der Waals surface area contributed by atoms with Crippen LogP contribution in [-0.2, 0) is 0 Å². The molecule has 0 aliphatic carbocycles. The van der Waals surface area contributed by atoms with Gasteiger partial charge in [0.2, 0.25) is 0 Å². The average Bonchev–Trinajstić information content (AvgIpc) is 2.41. The molecule has 5 nitrogen and oxygen atoms in total. The Morgan fingerprint density at radius 1 is 1.21 bits per heavy atom. The summed E-state index contributed by atoms with van der Waals surface area (Å²) in [6.07, 6.45) is 1.52. The molecule has 0 aliphatic rings. The summed E-state index contributed by atoms with van der Waals surface area (Å²) >= 11 is 5.81. The minimum atomic E-state index is 0.456. The highest BCUT2D eigenvalue weighted by Crippen LogP contribution is 2.32. The molecule has 3 N–H and O–H groups in total. The van der Waals surface area contributed by atoms with Crippen LogP contribution in [0.4, 0.5) is 17.2 Å². The first-order chi connectivity index (χ1) is 9.13. The number of rotatable bonds is 4. The van der Waals surface area contributed by atoms with Gasteiger partial charge in [-0.25, -0.2) is 4.98 Å². The SMILES string of the molecule is COc1ccc(OC)c(Nc2ncc(Cl)cc2N)c1. The molecule has 0 aliphatic heterocycles. The number of pyridine rings is 1. The van der Waals surface area contributed by atoms with Crippen LogP contribution in [0.25, 0.3) is 0 Å². The van der Waals surface area contributed by atoms with Crippen LogP contribution in [0.2, 0.25) is 5.02 Å². The number of nitrogens with two attached hydrogens (primary N) is 1. The van der Waals surface area contributed by atoms with Crippen LogP contribution < -0.4 is 20.5 Å². The smallest absolute Gasteiger partial charge is 0.153 e. The van der Waals surface area contributed by atoms with Crippen molar-refractivity contribution in [3.8, 4) is 11.5 Å². The number of nitrogens with one attached hydrogen (secondary N) is 1. The summed E-state index contributed by atoms with van der Waals surface area (Å²) < 4.78 is 10.4. The number of hydrogen-bond acceptors (Lipinski definition) is 5. The molecule has 0 spiro atoms. The molecule has 2 aromatic rings. The monoisotopic (exact) mass is 279 g/mol. The molecule has 0 fully saturated rings. The zero-order valence-corrected chi connectivity index (χ0v) is 11.4. The highest BCUT2D eigenvalue weighted by molar-refractivity contribution is 6.30. The van der Waals surface area contributed by atoms with Crippen LogP contribution in [0.3, 0.4) is 0 Å². The minimum Gasteiger partial charge on any atom is -0.497 e. The first kappa shape index (κ1) is 13.3. The maximum atomic E-state index is 5.85. The van der Waals surface area contributed by atoms with Crippen molar-refractivity contribution in [3.05, 3.63) is 35.5 Å². The van der Waals surface area contributed by atoms with Crippen LogP contribution in [0.1, 0.15) is 0 Å². The third-order valence-corrected chi connectivity index (χ3v) is 2.75. The molecule has 0 unspecified atom stereocenters. The number of halogens is 1. The molecule has 6 heteroatoms. The van der Waals surface area contributed by atoms with Crippen molar-refractivity contribution >= 4 is 28.8 Å². The molecule has 1 aromatic carbocycles. The van der Waals surface area contributed by atoms with Gasteiger partial charge in [-0.1, -0.05) is 11.6 Å². The fourth-order valence-electron chi connectivity index (χ4n) is 1.60. The molecular weight excluding hydrogens is 266 g/mol. The Bertz CT molecular complexity index is 590. The van der Waals surface area contributed by atoms with Gasteiger partial charge >= 0.3 is 0 Å². The summed E-state index contributed by atoms with van der Waals surface area (Å²) in [5, 5.41) is 3.58. The highest BCUT2D eigenvalue weighted by atomic mass is 35.5. The second-order valence-corrected chi connectivity index (χ2v) is 4.22. The van der Waals surface area contributed by atoms with Crippen molar-refractivity contribution in [2.24, 2.45) is 0 Å². The molecular formula is C13H14ClN3O2. The van der Waals surface area contributed by atoms with Gasteiger partial charge in [0.25, 0.3) is 0 Å². The van der Waals surface area contributed by atoms with E-state index < -0.39 is 0 Å². The lowest BCUT2D eigenvalue weighted by Crippen LogP contribution is -2.01. The first-order valence-corrected chi connectivity index (χ1v) is 5.92. The molecule has 1 heterocycles. The zero-order chi connectivity index (χ0) is 13.8. The number of nitrogens with zero attached hydrogens (tertiary/aromatic N) is 1. The molecule has 0 radical (unpaired) electrons. The summed E-state index contributed by atoms with van der Waals surface area (Å²) in [7, 11) is 3.19. The van der Waals surface area contributed by atoms with Crippen LogP contribution in [0, 0.1) is 0 Å². The van der Waals surface area contributed by atoms with Gasteiger partial charge < -0.3 is 20.5 Å². The molecule has 0 saturated heterocycles. The molecule has 0 bridgehead atoms. The Labute approximate surface area is 116 Å². The van der Waals surface area contributed by atoms with Crippen molar-refractivity contribution in [3.63, 3.8) is 0 Å². The normalized spacial score (nSPS) is 10.1. The van der Waals surface area contributed by atoms with E-state index in [-0.39, 0.29) is 0 Å². The van der Waals surface area contributed by atoms with E-state index in [1.165, 1.54) is 6.20 Å². The van der Waals surface area contributed by atoms with Gasteiger partial charge in [0, 0.05) is 12.3 Å². The molecule has 0 atom stereocenters. The number of anilines is 3. The third-order valence-electron chi connectivity index (χ3n) is 2.54. The maximum absolute atomic E-state index is 5.85. The quantitative estimate of drug-likeness (QED) is 0.900. The second kappa shape index (κ2) is 5.67. The Morgan fingerprint density at radius 3 is 2.63 bits per heavy atom. The highest BCUT2D eigenvalue weighted by Gasteiger charge is 2.08. The minimum absolute atomic E-state index is 0.456. The van der Waals surface area contributed by atoms with E-state index in [1.54, 1.807) is 32.4 Å². The van der Waals surface area contributed by atoms with E-state index >= 15 is 0 Å². The van der Waals surface area contributed by atoms with Gasteiger partial charge in [0.15, 0.2) is 5.82 Å². The number of methoxy groups -OCH3 is 2. The van der Waals surface area contributed by atoms with Crippen molar-refractivity contribution in [1.82, 2.24) is 4.98 Å². The lowest BCUT2D eigenvalue weighted by atomic mass is 10.2. The fraction of sp³-hybridized carbons (Fsp3) is 0.154. The van der Waals surface area contributed by atoms with Crippen LogP contribution in [0.5, 0.6) is 11.5 Å². The largest absolute Gasteiger partial charge is 0.497 e. The Hall–Kier alpha value is -2.14. The molecule has 19 heavy (non-hydrogen) atoms. The zero-order valence-electron chi connectivity index (χ0n) is 10.6. The Balaban J connectivity index is 2.36. The summed E-state index contributed by atoms with van der Waals surface area (Å²) in [6, 6.07) is 7.04. The number of ether oxygens (including phenoxy) is 2. The van der Waals surface area contributed by atoms with E-state index in [0.29, 0.717) is 33.7 Å². The summed E-state index contributed by atoms with van der Waals surface area (Å²) in [5.74, 6) is 1.88. The predicted molar refractivity (Wildman–Crippen MR) is 76.5 cm³/mol. The number of benzene rings is 1.